The summed E-state index contributed by atoms with van der Waals surface area (Å²) in [6.07, 6.45) is 1.21. The van der Waals surface area contributed by atoms with Gasteiger partial charge in [-0.15, -0.1) is 0 Å². The second-order valence-corrected chi connectivity index (χ2v) is 8.23. The predicted molar refractivity (Wildman–Crippen MR) is 122 cm³/mol. The maximum Gasteiger partial charge on any atom is 0.272 e. The number of nitro groups is 1. The van der Waals surface area contributed by atoms with Crippen molar-refractivity contribution in [2.24, 2.45) is 0 Å². The van der Waals surface area contributed by atoms with Crippen LogP contribution in [0.15, 0.2) is 54.6 Å². The SMILES string of the molecule is COc1cccc(-c2cc(C(=O)N3CCC4(CC3)OCCO4)n(-c3ccc([N+](=O)[O-])cc3)n2)c1. The molecule has 2 aliphatic rings. The standard InChI is InChI=1S/C24H24N4O6/c1-32-20-4-2-3-17(15-20)21-16-22(27(25-21)18-5-7-19(8-6-18)28(30)31)23(29)26-11-9-24(10-12-26)33-13-14-34-24/h2-8,15-16H,9-14H2,1H3. The normalized spacial score (nSPS) is 17.1. The number of ether oxygens (including phenoxy) is 3. The average molecular weight is 464 g/mol. The van der Waals surface area contributed by atoms with Crippen LogP contribution >= 0.6 is 0 Å². The molecule has 2 saturated heterocycles. The fourth-order valence-corrected chi connectivity index (χ4v) is 4.37. The van der Waals surface area contributed by atoms with Crippen LogP contribution in [0.1, 0.15) is 23.3 Å². The molecule has 1 amide bonds. The van der Waals surface area contributed by atoms with Gasteiger partial charge in [0.2, 0.25) is 0 Å². The Morgan fingerprint density at radius 3 is 2.44 bits per heavy atom. The van der Waals surface area contributed by atoms with E-state index < -0.39 is 10.7 Å². The minimum atomic E-state index is -0.582. The quantitative estimate of drug-likeness (QED) is 0.420. The summed E-state index contributed by atoms with van der Waals surface area (Å²) in [4.78, 5) is 26.0. The van der Waals surface area contributed by atoms with Crippen molar-refractivity contribution in [1.29, 1.82) is 0 Å². The number of hydrogen-bond donors (Lipinski definition) is 0. The zero-order chi connectivity index (χ0) is 23.7. The lowest BCUT2D eigenvalue weighted by atomic mass is 10.0. The summed E-state index contributed by atoms with van der Waals surface area (Å²) < 4.78 is 18.4. The summed E-state index contributed by atoms with van der Waals surface area (Å²) >= 11 is 0. The molecule has 5 rings (SSSR count). The zero-order valence-corrected chi connectivity index (χ0v) is 18.7. The van der Waals surface area contributed by atoms with Gasteiger partial charge in [-0.2, -0.15) is 5.10 Å². The highest BCUT2D eigenvalue weighted by molar-refractivity contribution is 5.94. The molecule has 0 saturated carbocycles. The van der Waals surface area contributed by atoms with Gasteiger partial charge in [-0.1, -0.05) is 12.1 Å². The Balaban J connectivity index is 1.49. The lowest BCUT2D eigenvalue weighted by Gasteiger charge is -2.37. The van der Waals surface area contributed by atoms with Crippen LogP contribution in [0.5, 0.6) is 5.75 Å². The predicted octanol–water partition coefficient (Wildman–Crippen LogP) is 3.44. The molecule has 10 nitrogen and oxygen atoms in total. The van der Waals surface area contributed by atoms with E-state index in [0.717, 1.165) is 5.56 Å². The van der Waals surface area contributed by atoms with E-state index in [2.05, 4.69) is 5.10 Å². The van der Waals surface area contributed by atoms with Crippen LogP contribution in [0.25, 0.3) is 16.9 Å². The highest BCUT2D eigenvalue weighted by Gasteiger charge is 2.41. The van der Waals surface area contributed by atoms with Crippen LogP contribution in [0.4, 0.5) is 5.69 Å². The van der Waals surface area contributed by atoms with E-state index in [4.69, 9.17) is 14.2 Å². The van der Waals surface area contributed by atoms with Gasteiger partial charge in [0.15, 0.2) is 5.79 Å². The summed E-state index contributed by atoms with van der Waals surface area (Å²) in [5.41, 5.74) is 2.28. The molecule has 3 aromatic rings. The third kappa shape index (κ3) is 4.13. The lowest BCUT2D eigenvalue weighted by Crippen LogP contribution is -2.47. The topological polar surface area (TPSA) is 109 Å². The Morgan fingerprint density at radius 2 is 1.79 bits per heavy atom. The van der Waals surface area contributed by atoms with Gasteiger partial charge in [0.1, 0.15) is 11.4 Å². The van der Waals surface area contributed by atoms with Crippen LogP contribution in [-0.2, 0) is 9.47 Å². The second-order valence-electron chi connectivity index (χ2n) is 8.23. The summed E-state index contributed by atoms with van der Waals surface area (Å²) in [6.45, 7) is 2.15. The van der Waals surface area contributed by atoms with Crippen LogP contribution in [-0.4, -0.2) is 64.7 Å². The van der Waals surface area contributed by atoms with Crippen molar-refractivity contribution in [3.05, 3.63) is 70.4 Å². The monoisotopic (exact) mass is 464 g/mol. The molecule has 2 aromatic carbocycles. The molecule has 3 heterocycles. The van der Waals surface area contributed by atoms with Crippen LogP contribution in [0, 0.1) is 10.1 Å². The first kappa shape index (κ1) is 22.1. The van der Waals surface area contributed by atoms with Gasteiger partial charge in [-0.25, -0.2) is 4.68 Å². The lowest BCUT2D eigenvalue weighted by molar-refractivity contribution is -0.384. The number of likely N-dealkylation sites (tertiary alicyclic amines) is 1. The molecule has 0 atom stereocenters. The van der Waals surface area contributed by atoms with Crippen molar-refractivity contribution in [2.75, 3.05) is 33.4 Å². The van der Waals surface area contributed by atoms with Gasteiger partial charge >= 0.3 is 0 Å². The first-order valence-electron chi connectivity index (χ1n) is 11.0. The maximum atomic E-state index is 13.6. The van der Waals surface area contributed by atoms with E-state index >= 15 is 0 Å². The van der Waals surface area contributed by atoms with E-state index in [1.165, 1.54) is 16.8 Å². The number of benzene rings is 2. The maximum absolute atomic E-state index is 13.6. The van der Waals surface area contributed by atoms with E-state index in [1.54, 1.807) is 30.2 Å². The number of aromatic nitrogens is 2. The molecule has 10 heteroatoms. The Hall–Kier alpha value is -3.76. The number of carbonyl (C=O) groups is 1. The molecule has 1 spiro atoms. The molecule has 0 radical (unpaired) electrons. The van der Waals surface area contributed by atoms with Crippen molar-refractivity contribution in [2.45, 2.75) is 18.6 Å². The Kier molecular flexibility index (Phi) is 5.76. The van der Waals surface area contributed by atoms with Gasteiger partial charge in [0, 0.05) is 43.6 Å². The minimum Gasteiger partial charge on any atom is -0.497 e. The Labute approximate surface area is 195 Å². The van der Waals surface area contributed by atoms with Gasteiger partial charge in [0.25, 0.3) is 11.6 Å². The van der Waals surface area contributed by atoms with Gasteiger partial charge in [0.05, 0.1) is 36.6 Å². The third-order valence-electron chi connectivity index (χ3n) is 6.23. The van der Waals surface area contributed by atoms with Crippen molar-refractivity contribution in [3.8, 4) is 22.7 Å². The molecule has 1 aromatic heterocycles. The van der Waals surface area contributed by atoms with Crippen molar-refractivity contribution >= 4 is 11.6 Å². The number of rotatable bonds is 5. The first-order valence-corrected chi connectivity index (χ1v) is 11.0. The average Bonchev–Trinajstić information content (AvgIpc) is 3.52. The Bertz CT molecular complexity index is 1210. The molecule has 0 unspecified atom stereocenters. The number of nitrogens with zero attached hydrogens (tertiary/aromatic N) is 4. The number of amides is 1. The highest BCUT2D eigenvalue weighted by atomic mass is 16.7. The smallest absolute Gasteiger partial charge is 0.272 e. The molecule has 176 valence electrons. The number of piperidine rings is 1. The van der Waals surface area contributed by atoms with Crippen molar-refractivity contribution in [1.82, 2.24) is 14.7 Å². The highest BCUT2D eigenvalue weighted by Crippen LogP contribution is 2.33. The van der Waals surface area contributed by atoms with Crippen LogP contribution in [0.3, 0.4) is 0 Å². The number of hydrogen-bond acceptors (Lipinski definition) is 7. The largest absolute Gasteiger partial charge is 0.497 e. The molecular weight excluding hydrogens is 440 g/mol. The molecule has 2 aliphatic heterocycles. The van der Waals surface area contributed by atoms with Crippen LogP contribution in [0.2, 0.25) is 0 Å². The number of nitro benzene ring substituents is 1. The molecule has 0 aliphatic carbocycles. The Morgan fingerprint density at radius 1 is 1.09 bits per heavy atom. The van der Waals surface area contributed by atoms with E-state index in [9.17, 15) is 14.9 Å². The third-order valence-corrected chi connectivity index (χ3v) is 6.23. The molecule has 0 bridgehead atoms. The molecule has 0 N–H and O–H groups in total. The first-order chi connectivity index (χ1) is 16.5. The molecular formula is C24H24N4O6. The van der Waals surface area contributed by atoms with Crippen molar-refractivity contribution < 1.29 is 23.9 Å². The fraction of sp³-hybridized carbons (Fsp3) is 0.333. The summed E-state index contributed by atoms with van der Waals surface area (Å²) in [5, 5.41) is 15.8. The molecule has 34 heavy (non-hydrogen) atoms. The van der Waals surface area contributed by atoms with Gasteiger partial charge in [-0.05, 0) is 30.3 Å². The summed E-state index contributed by atoms with van der Waals surface area (Å²) in [6, 6.07) is 15.1. The summed E-state index contributed by atoms with van der Waals surface area (Å²) in [5.74, 6) is -0.0813. The summed E-state index contributed by atoms with van der Waals surface area (Å²) in [7, 11) is 1.59. The van der Waals surface area contributed by atoms with Gasteiger partial charge in [-0.3, -0.25) is 14.9 Å². The molecule has 2 fully saturated rings. The van der Waals surface area contributed by atoms with Gasteiger partial charge < -0.3 is 19.1 Å². The number of methoxy groups -OCH3 is 1. The van der Waals surface area contributed by atoms with E-state index in [0.29, 0.717) is 62.0 Å². The second kappa shape index (κ2) is 8.88. The minimum absolute atomic E-state index is 0.0327. The number of non-ortho nitro benzene ring substituents is 1. The van der Waals surface area contributed by atoms with Crippen molar-refractivity contribution in [3.63, 3.8) is 0 Å². The number of carbonyl (C=O) groups excluding carboxylic acids is 1. The van der Waals surface area contributed by atoms with E-state index in [1.807, 2.05) is 24.3 Å². The van der Waals surface area contributed by atoms with E-state index in [-0.39, 0.29) is 11.6 Å². The fourth-order valence-electron chi connectivity index (χ4n) is 4.37. The zero-order valence-electron chi connectivity index (χ0n) is 18.7. The van der Waals surface area contributed by atoms with Crippen LogP contribution < -0.4 is 4.74 Å².